The van der Waals surface area contributed by atoms with Gasteiger partial charge in [0.05, 0.1) is 0 Å². The molecule has 0 bridgehead atoms. The fourth-order valence-corrected chi connectivity index (χ4v) is 2.83. The van der Waals surface area contributed by atoms with Gasteiger partial charge in [0.2, 0.25) is 0 Å². The average molecular weight is 363 g/mol. The van der Waals surface area contributed by atoms with E-state index in [1.54, 1.807) is 0 Å². The summed E-state index contributed by atoms with van der Waals surface area (Å²) in [5.74, 6) is 1.98. The molecule has 0 saturated carbocycles. The molecule has 0 aliphatic carbocycles. The van der Waals surface area contributed by atoms with Crippen LogP contribution in [0, 0.1) is 0 Å². The molecule has 0 saturated heterocycles. The molecule has 0 unspecified atom stereocenters. The molecule has 26 heavy (non-hydrogen) atoms. The van der Waals surface area contributed by atoms with E-state index in [2.05, 4.69) is 95.2 Å². The van der Waals surface area contributed by atoms with Gasteiger partial charge < -0.3 is 9.47 Å². The zero-order valence-corrected chi connectivity index (χ0v) is 19.4. The van der Waals surface area contributed by atoms with Gasteiger partial charge in [-0.25, -0.2) is 0 Å². The van der Waals surface area contributed by atoms with E-state index < -0.39 is 0 Å². The Hall–Kier alpha value is -1.18. The third kappa shape index (κ3) is 5.93. The summed E-state index contributed by atoms with van der Waals surface area (Å²) in [5.41, 5.74) is 2.02. The van der Waals surface area contributed by atoms with Crippen molar-refractivity contribution in [3.8, 4) is 11.5 Å². The van der Waals surface area contributed by atoms with E-state index in [0.717, 1.165) is 24.3 Å². The molecular formula is C24H42O2. The maximum atomic E-state index is 6.43. The Kier molecular flexibility index (Phi) is 6.55. The van der Waals surface area contributed by atoms with Crippen molar-refractivity contribution in [3.05, 3.63) is 23.3 Å². The summed E-state index contributed by atoms with van der Waals surface area (Å²) in [6.07, 6.45) is 2.08. The molecule has 1 aromatic rings. The molecule has 0 aliphatic rings. The summed E-state index contributed by atoms with van der Waals surface area (Å²) in [7, 11) is 0. The molecule has 1 aromatic carbocycles. The van der Waals surface area contributed by atoms with E-state index in [4.69, 9.17) is 9.47 Å². The van der Waals surface area contributed by atoms with Gasteiger partial charge in [-0.15, -0.1) is 0 Å². The molecule has 0 atom stereocenters. The molecule has 1 rings (SSSR count). The number of hydrogen-bond donors (Lipinski definition) is 0. The highest BCUT2D eigenvalue weighted by Crippen LogP contribution is 2.45. The van der Waals surface area contributed by atoms with Gasteiger partial charge in [-0.1, -0.05) is 41.5 Å². The van der Waals surface area contributed by atoms with Gasteiger partial charge in [-0.05, 0) is 77.3 Å². The fraction of sp³-hybridized carbons (Fsp3) is 0.750. The molecule has 0 radical (unpaired) electrons. The van der Waals surface area contributed by atoms with E-state index in [1.165, 1.54) is 11.1 Å². The van der Waals surface area contributed by atoms with Crippen molar-refractivity contribution in [1.29, 1.82) is 0 Å². The van der Waals surface area contributed by atoms with Crippen LogP contribution in [0.25, 0.3) is 0 Å². The van der Waals surface area contributed by atoms with Crippen molar-refractivity contribution < 1.29 is 9.47 Å². The molecule has 0 aliphatic heterocycles. The summed E-state index contributed by atoms with van der Waals surface area (Å²) in [6, 6.07) is 4.48. The van der Waals surface area contributed by atoms with Crippen molar-refractivity contribution >= 4 is 0 Å². The molecule has 2 nitrogen and oxygen atoms in total. The lowest BCUT2D eigenvalue weighted by Crippen LogP contribution is -2.29. The predicted octanol–water partition coefficient (Wildman–Crippen LogP) is 7.42. The number of benzene rings is 1. The van der Waals surface area contributed by atoms with E-state index in [1.807, 2.05) is 0 Å². The van der Waals surface area contributed by atoms with Gasteiger partial charge in [0.15, 0.2) is 0 Å². The quantitative estimate of drug-likeness (QED) is 0.524. The highest BCUT2D eigenvalue weighted by Gasteiger charge is 2.32. The molecule has 2 heteroatoms. The first-order chi connectivity index (χ1) is 11.5. The Bertz CT molecular complexity index is 555. The minimum Gasteiger partial charge on any atom is -0.488 e. The van der Waals surface area contributed by atoms with Gasteiger partial charge in [0.1, 0.15) is 22.7 Å². The van der Waals surface area contributed by atoms with Gasteiger partial charge in [-0.2, -0.15) is 0 Å². The minimum absolute atomic E-state index is 0.0193. The Morgan fingerprint density at radius 3 is 1.04 bits per heavy atom. The van der Waals surface area contributed by atoms with Crippen LogP contribution in [-0.2, 0) is 10.8 Å². The third-order valence-corrected chi connectivity index (χ3v) is 5.14. The molecule has 0 N–H and O–H groups in total. The normalized spacial score (nSPS) is 13.7. The van der Waals surface area contributed by atoms with E-state index >= 15 is 0 Å². The van der Waals surface area contributed by atoms with Crippen LogP contribution in [0.5, 0.6) is 11.5 Å². The number of hydrogen-bond acceptors (Lipinski definition) is 2. The first-order valence-corrected chi connectivity index (χ1v) is 10.1. The first kappa shape index (κ1) is 22.9. The Morgan fingerprint density at radius 2 is 0.846 bits per heavy atom. The van der Waals surface area contributed by atoms with E-state index in [-0.39, 0.29) is 22.0 Å². The van der Waals surface area contributed by atoms with E-state index in [9.17, 15) is 0 Å². The third-order valence-electron chi connectivity index (χ3n) is 5.14. The fourth-order valence-electron chi connectivity index (χ4n) is 2.83. The second-order valence-corrected chi connectivity index (χ2v) is 10.7. The lowest BCUT2D eigenvalue weighted by molar-refractivity contribution is 0.119. The Labute approximate surface area is 162 Å². The highest BCUT2D eigenvalue weighted by atomic mass is 16.5. The smallest absolute Gasteiger partial charge is 0.124 e. The molecule has 0 aromatic heterocycles. The first-order valence-electron chi connectivity index (χ1n) is 10.1. The summed E-state index contributed by atoms with van der Waals surface area (Å²) < 4.78 is 12.9. The second-order valence-electron chi connectivity index (χ2n) is 10.7. The topological polar surface area (TPSA) is 18.5 Å². The summed E-state index contributed by atoms with van der Waals surface area (Å²) in [4.78, 5) is 0. The molecule has 0 fully saturated rings. The maximum absolute atomic E-state index is 6.43. The number of ether oxygens (including phenoxy) is 2. The summed E-state index contributed by atoms with van der Waals surface area (Å²) in [6.45, 7) is 26.3. The maximum Gasteiger partial charge on any atom is 0.124 e. The van der Waals surface area contributed by atoms with Crippen molar-refractivity contribution in [2.75, 3.05) is 0 Å². The standard InChI is InChI=1S/C24H42O2/c1-13-23(9,10)17-15-20(26-22(6,7)8)18(24(11,12)14-2)16-19(17)25-21(3,4)5/h15-16H,13-14H2,1-12H3. The van der Waals surface area contributed by atoms with Crippen molar-refractivity contribution in [2.24, 2.45) is 0 Å². The van der Waals surface area contributed by atoms with Crippen molar-refractivity contribution in [2.45, 2.75) is 118 Å². The lowest BCUT2D eigenvalue weighted by atomic mass is 9.76. The van der Waals surface area contributed by atoms with Crippen LogP contribution < -0.4 is 9.47 Å². The van der Waals surface area contributed by atoms with Crippen molar-refractivity contribution in [3.63, 3.8) is 0 Å². The van der Waals surface area contributed by atoms with Crippen LogP contribution in [0.15, 0.2) is 12.1 Å². The molecule has 0 heterocycles. The molecule has 150 valence electrons. The molecular weight excluding hydrogens is 320 g/mol. The van der Waals surface area contributed by atoms with Gasteiger partial charge in [0, 0.05) is 11.1 Å². The zero-order valence-electron chi connectivity index (χ0n) is 19.4. The lowest BCUT2D eigenvalue weighted by Gasteiger charge is -2.35. The Balaban J connectivity index is 3.76. The van der Waals surface area contributed by atoms with Crippen molar-refractivity contribution in [1.82, 2.24) is 0 Å². The van der Waals surface area contributed by atoms with Gasteiger partial charge >= 0.3 is 0 Å². The highest BCUT2D eigenvalue weighted by molar-refractivity contribution is 5.52. The molecule has 0 amide bonds. The molecule has 0 spiro atoms. The Morgan fingerprint density at radius 1 is 0.577 bits per heavy atom. The average Bonchev–Trinajstić information content (AvgIpc) is 2.45. The van der Waals surface area contributed by atoms with Gasteiger partial charge in [0.25, 0.3) is 0 Å². The largest absolute Gasteiger partial charge is 0.488 e. The van der Waals surface area contributed by atoms with Crippen LogP contribution in [0.3, 0.4) is 0 Å². The van der Waals surface area contributed by atoms with Gasteiger partial charge in [-0.3, -0.25) is 0 Å². The minimum atomic E-state index is -0.238. The predicted molar refractivity (Wildman–Crippen MR) is 114 cm³/mol. The number of rotatable bonds is 6. The van der Waals surface area contributed by atoms with E-state index in [0.29, 0.717) is 0 Å². The second kappa shape index (κ2) is 7.44. The van der Waals surface area contributed by atoms with Crippen LogP contribution >= 0.6 is 0 Å². The monoisotopic (exact) mass is 362 g/mol. The summed E-state index contributed by atoms with van der Waals surface area (Å²) in [5, 5.41) is 0. The summed E-state index contributed by atoms with van der Waals surface area (Å²) >= 11 is 0. The zero-order chi connectivity index (χ0) is 20.6. The van der Waals surface area contributed by atoms with Crippen LogP contribution in [0.2, 0.25) is 0 Å². The SMILES string of the molecule is CCC(C)(C)c1cc(OC(C)(C)C)c(C(C)(C)CC)cc1OC(C)(C)C. The van der Waals surface area contributed by atoms with Crippen LogP contribution in [0.1, 0.15) is 107 Å². The van der Waals surface area contributed by atoms with Crippen LogP contribution in [-0.4, -0.2) is 11.2 Å². The van der Waals surface area contributed by atoms with Crippen LogP contribution in [0.4, 0.5) is 0 Å².